The number of amides is 2. The number of ether oxygens (including phenoxy) is 1. The van der Waals surface area contributed by atoms with Gasteiger partial charge in [0, 0.05) is 50.3 Å². The van der Waals surface area contributed by atoms with E-state index >= 15 is 0 Å². The van der Waals surface area contributed by atoms with E-state index in [0.717, 1.165) is 16.8 Å². The van der Waals surface area contributed by atoms with Crippen molar-refractivity contribution in [2.24, 2.45) is 0 Å². The highest BCUT2D eigenvalue weighted by Crippen LogP contribution is 2.32. The third-order valence-corrected chi connectivity index (χ3v) is 7.09. The van der Waals surface area contributed by atoms with E-state index in [1.165, 1.54) is 11.1 Å². The number of carbonyl (C=O) groups excluding carboxylic acids is 1. The molecule has 1 fully saturated rings. The molecule has 186 valence electrons. The molecule has 0 spiro atoms. The van der Waals surface area contributed by atoms with Crippen LogP contribution in [0.5, 0.6) is 6.01 Å². The van der Waals surface area contributed by atoms with Gasteiger partial charge in [0.15, 0.2) is 0 Å². The molecule has 1 unspecified atom stereocenters. The zero-order valence-electron chi connectivity index (χ0n) is 19.7. The number of hydrogen-bond acceptors (Lipinski definition) is 7. The van der Waals surface area contributed by atoms with Crippen molar-refractivity contribution in [1.29, 1.82) is 0 Å². The molecule has 35 heavy (non-hydrogen) atoms. The number of rotatable bonds is 5. The summed E-state index contributed by atoms with van der Waals surface area (Å²) in [5.41, 5.74) is 2.44. The summed E-state index contributed by atoms with van der Waals surface area (Å²) in [6, 6.07) is 6.01. The fourth-order valence-corrected chi connectivity index (χ4v) is 5.44. The summed E-state index contributed by atoms with van der Waals surface area (Å²) in [6.45, 7) is 4.42. The van der Waals surface area contributed by atoms with Crippen LogP contribution in [-0.2, 0) is 24.2 Å². The fourth-order valence-electron chi connectivity index (χ4n) is 5.44. The molecule has 2 aromatic rings. The number of piperazine rings is 1. The number of hydrogen-bond donors (Lipinski definition) is 1. The molecule has 0 aliphatic carbocycles. The maximum absolute atomic E-state index is 12.0. The molecule has 1 saturated heterocycles. The van der Waals surface area contributed by atoms with Crippen LogP contribution in [0.3, 0.4) is 0 Å². The van der Waals surface area contributed by atoms with E-state index in [9.17, 15) is 24.8 Å². The molecular weight excluding hydrogens is 456 g/mol. The Balaban J connectivity index is 1.28. The van der Waals surface area contributed by atoms with Gasteiger partial charge in [0.2, 0.25) is 5.91 Å². The van der Waals surface area contributed by atoms with E-state index in [0.29, 0.717) is 52.0 Å². The van der Waals surface area contributed by atoms with Crippen molar-refractivity contribution in [2.45, 2.75) is 44.4 Å². The zero-order valence-corrected chi connectivity index (χ0v) is 19.7. The van der Waals surface area contributed by atoms with E-state index in [1.807, 2.05) is 19.1 Å². The molecule has 12 nitrogen and oxygen atoms in total. The van der Waals surface area contributed by atoms with Crippen molar-refractivity contribution in [3.63, 3.8) is 0 Å². The Morgan fingerprint density at radius 3 is 2.86 bits per heavy atom. The first-order valence-corrected chi connectivity index (χ1v) is 11.6. The predicted octanol–water partition coefficient (Wildman–Crippen LogP) is 1.76. The summed E-state index contributed by atoms with van der Waals surface area (Å²) in [6.07, 6.45) is 2.18. The second kappa shape index (κ2) is 8.52. The number of anilines is 1. The van der Waals surface area contributed by atoms with Gasteiger partial charge in [0.05, 0.1) is 12.6 Å². The van der Waals surface area contributed by atoms with Gasteiger partial charge in [-0.3, -0.25) is 14.3 Å². The summed E-state index contributed by atoms with van der Waals surface area (Å²) >= 11 is 0. The van der Waals surface area contributed by atoms with E-state index in [2.05, 4.69) is 16.0 Å². The van der Waals surface area contributed by atoms with Crippen LogP contribution in [0.2, 0.25) is 0 Å². The van der Waals surface area contributed by atoms with Gasteiger partial charge in [0.1, 0.15) is 11.8 Å². The highest BCUT2D eigenvalue weighted by molar-refractivity contribution is 5.95. The molecule has 2 atom stereocenters. The van der Waals surface area contributed by atoms with Crippen molar-refractivity contribution < 1.29 is 24.4 Å². The number of fused-ring (bicyclic) bond motifs is 2. The lowest BCUT2D eigenvalue weighted by molar-refractivity contribution is -0.389. The van der Waals surface area contributed by atoms with E-state index < -0.39 is 16.6 Å². The first-order valence-electron chi connectivity index (χ1n) is 11.6. The maximum Gasteiger partial charge on any atom is 0.415 e. The molecule has 3 aliphatic heterocycles. The second-order valence-corrected chi connectivity index (χ2v) is 9.80. The minimum absolute atomic E-state index is 0.101. The Kier molecular flexibility index (Phi) is 5.62. The minimum atomic E-state index is -0.936. The van der Waals surface area contributed by atoms with Crippen molar-refractivity contribution in [2.75, 3.05) is 38.1 Å². The molecule has 2 amide bonds. The number of nitro groups is 1. The third-order valence-electron chi connectivity index (χ3n) is 7.09. The molecule has 0 radical (unpaired) electrons. The lowest BCUT2D eigenvalue weighted by Gasteiger charge is -2.42. The number of carbonyl (C=O) groups is 2. The lowest BCUT2D eigenvalue weighted by Crippen LogP contribution is -2.58. The van der Waals surface area contributed by atoms with E-state index in [-0.39, 0.29) is 23.8 Å². The Bertz CT molecular complexity index is 1170. The maximum atomic E-state index is 12.0. The smallest absolute Gasteiger partial charge is 0.415 e. The van der Waals surface area contributed by atoms with Crippen LogP contribution in [0.4, 0.5) is 16.3 Å². The third kappa shape index (κ3) is 4.41. The van der Waals surface area contributed by atoms with Crippen molar-refractivity contribution in [1.82, 2.24) is 19.4 Å². The molecule has 5 rings (SSSR count). The molecule has 1 aromatic heterocycles. The van der Waals surface area contributed by atoms with E-state index in [4.69, 9.17) is 4.74 Å². The average Bonchev–Trinajstić information content (AvgIpc) is 3.31. The van der Waals surface area contributed by atoms with Gasteiger partial charge in [0.25, 0.3) is 0 Å². The number of imidazole rings is 1. The minimum Gasteiger partial charge on any atom is -0.465 e. The van der Waals surface area contributed by atoms with E-state index in [1.54, 1.807) is 16.5 Å². The molecule has 1 aromatic carbocycles. The first kappa shape index (κ1) is 23.1. The van der Waals surface area contributed by atoms with Gasteiger partial charge in [-0.1, -0.05) is 12.1 Å². The normalized spacial score (nSPS) is 24.2. The van der Waals surface area contributed by atoms with Gasteiger partial charge in [-0.25, -0.2) is 4.79 Å². The van der Waals surface area contributed by atoms with Crippen LogP contribution in [0, 0.1) is 10.1 Å². The van der Waals surface area contributed by atoms with Crippen molar-refractivity contribution in [3.05, 3.63) is 45.6 Å². The predicted molar refractivity (Wildman–Crippen MR) is 125 cm³/mol. The molecule has 3 aliphatic rings. The highest BCUT2D eigenvalue weighted by atomic mass is 16.6. The summed E-state index contributed by atoms with van der Waals surface area (Å²) in [4.78, 5) is 43.7. The summed E-state index contributed by atoms with van der Waals surface area (Å²) in [7, 11) is 1.78. The quantitative estimate of drug-likeness (QED) is 0.501. The van der Waals surface area contributed by atoms with Crippen LogP contribution in [0.1, 0.15) is 24.5 Å². The number of carboxylic acid groups (broad SMARTS) is 1. The Morgan fingerprint density at radius 1 is 1.34 bits per heavy atom. The van der Waals surface area contributed by atoms with Gasteiger partial charge in [-0.2, -0.15) is 0 Å². The van der Waals surface area contributed by atoms with Crippen molar-refractivity contribution >= 4 is 23.5 Å². The first-order chi connectivity index (χ1) is 16.6. The number of aryl methyl sites for hydroxylation is 1. The Morgan fingerprint density at radius 2 is 2.14 bits per heavy atom. The second-order valence-electron chi connectivity index (χ2n) is 9.80. The number of benzene rings is 1. The van der Waals surface area contributed by atoms with Crippen LogP contribution in [0.15, 0.2) is 24.4 Å². The van der Waals surface area contributed by atoms with Crippen LogP contribution in [-0.4, -0.2) is 86.3 Å². The van der Waals surface area contributed by atoms with Crippen LogP contribution in [0.25, 0.3) is 0 Å². The number of aromatic nitrogens is 2. The molecule has 1 N–H and O–H groups in total. The molecule has 12 heteroatoms. The largest absolute Gasteiger partial charge is 0.465 e. The molecule has 0 saturated carbocycles. The standard InChI is InChI=1S/C23H28N6O6/c1-23(14-27-12-19(29(33)34)24-21(27)35-23)13-26-7-8-28(22(31)32)17(11-26)10-15-3-5-18-16(9-15)4-6-20(30)25(18)2/h3,5,9,12,17H,4,6-8,10-11,13-14H2,1-2H3,(H,31,32)/t17-,23?/m0/s1. The zero-order chi connectivity index (χ0) is 24.9. The van der Waals surface area contributed by atoms with Crippen LogP contribution < -0.4 is 9.64 Å². The van der Waals surface area contributed by atoms with Gasteiger partial charge >= 0.3 is 17.9 Å². The monoisotopic (exact) mass is 484 g/mol. The Hall–Kier alpha value is -3.67. The topological polar surface area (TPSA) is 134 Å². The van der Waals surface area contributed by atoms with Gasteiger partial charge in [-0.15, -0.1) is 0 Å². The summed E-state index contributed by atoms with van der Waals surface area (Å²) in [5, 5.41) is 20.8. The van der Waals surface area contributed by atoms with Crippen LogP contribution >= 0.6 is 0 Å². The molecule has 4 heterocycles. The van der Waals surface area contributed by atoms with Crippen molar-refractivity contribution in [3.8, 4) is 6.01 Å². The van der Waals surface area contributed by atoms with Gasteiger partial charge in [-0.05, 0) is 41.9 Å². The SMILES string of the molecule is CN1C(=O)CCc2cc(C[C@H]3CN(CC4(C)Cn5cc([N+](=O)[O-])nc5O4)CCN3C(=O)O)ccc21. The van der Waals surface area contributed by atoms with Gasteiger partial charge < -0.3 is 29.8 Å². The number of nitrogens with zero attached hydrogens (tertiary/aromatic N) is 6. The summed E-state index contributed by atoms with van der Waals surface area (Å²) < 4.78 is 7.63. The highest BCUT2D eigenvalue weighted by Gasteiger charge is 2.43. The molecular formula is C23H28N6O6. The fraction of sp³-hybridized carbons (Fsp3) is 0.522. The summed E-state index contributed by atoms with van der Waals surface area (Å²) in [5.74, 6) is -0.137. The molecule has 0 bridgehead atoms. The lowest BCUT2D eigenvalue weighted by atomic mass is 9.95. The average molecular weight is 485 g/mol. The Labute approximate surface area is 201 Å².